The summed E-state index contributed by atoms with van der Waals surface area (Å²) in [7, 11) is 2.15. The number of hydrogen-bond acceptors (Lipinski definition) is 3. The van der Waals surface area contributed by atoms with Crippen molar-refractivity contribution in [1.82, 2.24) is 4.90 Å². The quantitative estimate of drug-likeness (QED) is 0.802. The highest BCUT2D eigenvalue weighted by Gasteiger charge is 2.55. The molecule has 0 bridgehead atoms. The third-order valence-corrected chi connectivity index (χ3v) is 4.52. The molecular weight excluding hydrogens is 233 g/mol. The summed E-state index contributed by atoms with van der Waals surface area (Å²) in [5, 5.41) is 0. The molecule has 3 aliphatic rings. The highest BCUT2D eigenvalue weighted by atomic mass is 19.1. The van der Waals surface area contributed by atoms with Crippen molar-refractivity contribution >= 4 is 0 Å². The Balaban J connectivity index is 1.67. The number of halogens is 1. The molecule has 3 aliphatic heterocycles. The Bertz CT molecular complexity index is 519. The fraction of sp³-hybridized carbons (Fsp3) is 0.571. The molecule has 3 nitrogen and oxygen atoms in total. The standard InChI is InChI=1S/C14H16FNO2/c1-16-6-2-3-9(16)7-14-8-17-11-5-4-10(15)13(18-14)12(11)14/h4-5,9H,2-3,6-8H2,1H3/t9-,14+/m1/s1. The van der Waals surface area contributed by atoms with Gasteiger partial charge in [0.15, 0.2) is 17.2 Å². The maximum absolute atomic E-state index is 13.6. The van der Waals surface area contributed by atoms with Crippen LogP contribution in [0.25, 0.3) is 0 Å². The first kappa shape index (κ1) is 10.6. The van der Waals surface area contributed by atoms with Crippen LogP contribution in [0.1, 0.15) is 24.8 Å². The third kappa shape index (κ3) is 1.21. The van der Waals surface area contributed by atoms with Gasteiger partial charge in [-0.2, -0.15) is 0 Å². The van der Waals surface area contributed by atoms with Crippen molar-refractivity contribution in [2.75, 3.05) is 20.2 Å². The summed E-state index contributed by atoms with van der Waals surface area (Å²) in [6.45, 7) is 1.67. The van der Waals surface area contributed by atoms with Crippen LogP contribution < -0.4 is 9.47 Å². The zero-order valence-corrected chi connectivity index (χ0v) is 10.4. The van der Waals surface area contributed by atoms with Gasteiger partial charge in [0.2, 0.25) is 0 Å². The van der Waals surface area contributed by atoms with Crippen molar-refractivity contribution < 1.29 is 13.9 Å². The lowest BCUT2D eigenvalue weighted by Crippen LogP contribution is -2.47. The predicted octanol–water partition coefficient (Wildman–Crippen LogP) is 2.29. The fourth-order valence-corrected chi connectivity index (χ4v) is 3.51. The molecule has 3 heterocycles. The van der Waals surface area contributed by atoms with E-state index in [4.69, 9.17) is 9.47 Å². The number of ether oxygens (including phenoxy) is 2. The Hall–Kier alpha value is -1.29. The number of nitrogens with zero attached hydrogens (tertiary/aromatic N) is 1. The summed E-state index contributed by atoms with van der Waals surface area (Å²) >= 11 is 0. The van der Waals surface area contributed by atoms with E-state index < -0.39 is 0 Å². The van der Waals surface area contributed by atoms with Crippen molar-refractivity contribution in [3.05, 3.63) is 23.5 Å². The van der Waals surface area contributed by atoms with Crippen LogP contribution in [0.4, 0.5) is 4.39 Å². The van der Waals surface area contributed by atoms with E-state index in [-0.39, 0.29) is 11.4 Å². The van der Waals surface area contributed by atoms with Gasteiger partial charge in [-0.3, -0.25) is 0 Å². The average Bonchev–Trinajstić information content (AvgIpc) is 2.85. The zero-order chi connectivity index (χ0) is 12.3. The molecule has 18 heavy (non-hydrogen) atoms. The number of benzene rings is 1. The van der Waals surface area contributed by atoms with Gasteiger partial charge in [-0.25, -0.2) is 4.39 Å². The van der Waals surface area contributed by atoms with E-state index >= 15 is 0 Å². The Labute approximate surface area is 105 Å². The van der Waals surface area contributed by atoms with Crippen LogP contribution in [-0.4, -0.2) is 31.1 Å². The topological polar surface area (TPSA) is 21.7 Å². The van der Waals surface area contributed by atoms with E-state index in [0.717, 1.165) is 24.3 Å². The van der Waals surface area contributed by atoms with Crippen LogP contribution in [0.5, 0.6) is 11.5 Å². The molecule has 1 saturated heterocycles. The molecule has 0 unspecified atom stereocenters. The van der Waals surface area contributed by atoms with Crippen molar-refractivity contribution in [2.24, 2.45) is 0 Å². The zero-order valence-electron chi connectivity index (χ0n) is 10.4. The van der Waals surface area contributed by atoms with E-state index in [1.807, 2.05) is 0 Å². The smallest absolute Gasteiger partial charge is 0.177 e. The summed E-state index contributed by atoms with van der Waals surface area (Å²) < 4.78 is 25.0. The molecule has 0 spiro atoms. The lowest BCUT2D eigenvalue weighted by molar-refractivity contribution is -0.0257. The fourth-order valence-electron chi connectivity index (χ4n) is 3.51. The van der Waals surface area contributed by atoms with Gasteiger partial charge in [0, 0.05) is 12.5 Å². The minimum absolute atomic E-state index is 0.269. The first-order chi connectivity index (χ1) is 8.70. The second-order valence-corrected chi connectivity index (χ2v) is 5.62. The molecule has 96 valence electrons. The summed E-state index contributed by atoms with van der Waals surface area (Å²) in [4.78, 5) is 2.37. The number of likely N-dealkylation sites (tertiary alicyclic amines) is 1. The van der Waals surface area contributed by atoms with Gasteiger partial charge in [0.05, 0.1) is 5.56 Å². The molecule has 2 atom stereocenters. The minimum Gasteiger partial charge on any atom is -0.488 e. The molecule has 4 rings (SSSR count). The van der Waals surface area contributed by atoms with Crippen LogP contribution in [0.2, 0.25) is 0 Å². The SMILES string of the molecule is CN1CCC[C@@H]1C[C@]12COc3ccc(F)c(c31)O2. The van der Waals surface area contributed by atoms with Crippen LogP contribution in [0.15, 0.2) is 12.1 Å². The van der Waals surface area contributed by atoms with Gasteiger partial charge in [-0.1, -0.05) is 0 Å². The molecule has 4 heteroatoms. The third-order valence-electron chi connectivity index (χ3n) is 4.52. The molecular formula is C14H16FNO2. The van der Waals surface area contributed by atoms with Crippen molar-refractivity contribution in [3.63, 3.8) is 0 Å². The second kappa shape index (κ2) is 3.38. The largest absolute Gasteiger partial charge is 0.488 e. The maximum atomic E-state index is 13.6. The molecule has 0 N–H and O–H groups in total. The molecule has 0 saturated carbocycles. The predicted molar refractivity (Wildman–Crippen MR) is 64.5 cm³/mol. The molecule has 0 amide bonds. The van der Waals surface area contributed by atoms with E-state index in [0.29, 0.717) is 18.4 Å². The van der Waals surface area contributed by atoms with Crippen LogP contribution in [0, 0.1) is 5.82 Å². The number of rotatable bonds is 2. The van der Waals surface area contributed by atoms with Gasteiger partial charge in [-0.15, -0.1) is 0 Å². The maximum Gasteiger partial charge on any atom is 0.177 e. The lowest BCUT2D eigenvalue weighted by Gasteiger charge is -2.41. The molecule has 0 radical (unpaired) electrons. The summed E-state index contributed by atoms with van der Waals surface area (Å²) in [6, 6.07) is 3.66. The molecule has 1 aromatic rings. The van der Waals surface area contributed by atoms with Gasteiger partial charge in [0.1, 0.15) is 12.4 Å². The van der Waals surface area contributed by atoms with Gasteiger partial charge in [-0.05, 0) is 38.6 Å². The highest BCUT2D eigenvalue weighted by molar-refractivity contribution is 5.58. The van der Waals surface area contributed by atoms with Gasteiger partial charge in [0.25, 0.3) is 0 Å². The van der Waals surface area contributed by atoms with Crippen molar-refractivity contribution in [1.29, 1.82) is 0 Å². The van der Waals surface area contributed by atoms with Gasteiger partial charge < -0.3 is 14.4 Å². The van der Waals surface area contributed by atoms with E-state index in [1.54, 1.807) is 6.07 Å². The Kier molecular flexibility index (Phi) is 1.99. The average molecular weight is 249 g/mol. The summed E-state index contributed by atoms with van der Waals surface area (Å²) in [5.41, 5.74) is 0.582. The Morgan fingerprint density at radius 1 is 1.50 bits per heavy atom. The van der Waals surface area contributed by atoms with Crippen LogP contribution in [-0.2, 0) is 5.60 Å². The first-order valence-electron chi connectivity index (χ1n) is 6.55. The second-order valence-electron chi connectivity index (χ2n) is 5.62. The Morgan fingerprint density at radius 3 is 3.17 bits per heavy atom. The van der Waals surface area contributed by atoms with E-state index in [1.165, 1.54) is 18.9 Å². The highest BCUT2D eigenvalue weighted by Crippen LogP contribution is 2.57. The molecule has 0 aromatic heterocycles. The molecule has 1 aromatic carbocycles. The minimum atomic E-state index is -0.379. The van der Waals surface area contributed by atoms with Crippen molar-refractivity contribution in [3.8, 4) is 11.5 Å². The van der Waals surface area contributed by atoms with Crippen LogP contribution >= 0.6 is 0 Å². The summed E-state index contributed by atoms with van der Waals surface area (Å²) in [6.07, 6.45) is 3.34. The summed E-state index contributed by atoms with van der Waals surface area (Å²) in [5.74, 6) is 0.943. The number of hydrogen-bond donors (Lipinski definition) is 0. The molecule has 0 aliphatic carbocycles. The normalized spacial score (nSPS) is 32.7. The van der Waals surface area contributed by atoms with Crippen LogP contribution in [0.3, 0.4) is 0 Å². The monoisotopic (exact) mass is 249 g/mol. The van der Waals surface area contributed by atoms with Crippen molar-refractivity contribution in [2.45, 2.75) is 30.9 Å². The van der Waals surface area contributed by atoms with E-state index in [2.05, 4.69) is 11.9 Å². The Morgan fingerprint density at radius 2 is 2.39 bits per heavy atom. The van der Waals surface area contributed by atoms with E-state index in [9.17, 15) is 4.39 Å². The molecule has 1 fully saturated rings. The lowest BCUT2D eigenvalue weighted by atomic mass is 9.83. The van der Waals surface area contributed by atoms with Gasteiger partial charge >= 0.3 is 0 Å². The first-order valence-corrected chi connectivity index (χ1v) is 6.55.